The van der Waals surface area contributed by atoms with Crippen molar-refractivity contribution in [3.8, 4) is 5.75 Å². The van der Waals surface area contributed by atoms with Gasteiger partial charge >= 0.3 is 5.63 Å². The van der Waals surface area contributed by atoms with E-state index in [0.29, 0.717) is 23.5 Å². The lowest BCUT2D eigenvalue weighted by atomic mass is 9.98. The lowest BCUT2D eigenvalue weighted by Gasteiger charge is -2.21. The van der Waals surface area contributed by atoms with Crippen LogP contribution in [0.25, 0.3) is 0 Å². The minimum atomic E-state index is -0.649. The Kier molecular flexibility index (Phi) is 2.97. The molecule has 0 aliphatic carbocycles. The fraction of sp³-hybridized carbons (Fsp3) is 0.583. The normalized spacial score (nSPS) is 26.9. The Morgan fingerprint density at radius 3 is 2.71 bits per heavy atom. The number of fused-ring (bicyclic) bond motifs is 1. The fourth-order valence-electron chi connectivity index (χ4n) is 2.03. The van der Waals surface area contributed by atoms with Crippen LogP contribution in [-0.2, 0) is 15.1 Å². The van der Waals surface area contributed by atoms with Crippen molar-refractivity contribution in [1.82, 2.24) is 0 Å². The van der Waals surface area contributed by atoms with E-state index in [-0.39, 0.29) is 0 Å². The molecule has 2 heterocycles. The zero-order valence-electron chi connectivity index (χ0n) is 10.4. The Bertz CT molecular complexity index is 478. The molecule has 2 rings (SSSR count). The third-order valence-corrected chi connectivity index (χ3v) is 3.15. The summed E-state index contributed by atoms with van der Waals surface area (Å²) in [4.78, 5) is 11.5. The van der Waals surface area contributed by atoms with Gasteiger partial charge in [0.15, 0.2) is 12.1 Å². The summed E-state index contributed by atoms with van der Waals surface area (Å²) in [5.41, 5.74) is -0.427. The molecule has 1 aliphatic rings. The van der Waals surface area contributed by atoms with Gasteiger partial charge in [0.2, 0.25) is 0 Å². The maximum absolute atomic E-state index is 11.5. The van der Waals surface area contributed by atoms with E-state index in [1.54, 1.807) is 7.11 Å². The Balaban J connectivity index is 2.68. The predicted molar refractivity (Wildman–Crippen MR) is 60.0 cm³/mol. The molecule has 0 N–H and O–H groups in total. The van der Waals surface area contributed by atoms with E-state index in [1.165, 1.54) is 13.2 Å². The monoisotopic (exact) mass is 240 g/mol. The van der Waals surface area contributed by atoms with E-state index in [2.05, 4.69) is 0 Å². The van der Waals surface area contributed by atoms with Crippen molar-refractivity contribution < 1.29 is 18.6 Å². The van der Waals surface area contributed by atoms with Gasteiger partial charge in [0, 0.05) is 7.11 Å². The zero-order chi connectivity index (χ0) is 12.6. The molecule has 2 atom stereocenters. The summed E-state index contributed by atoms with van der Waals surface area (Å²) >= 11 is 0. The van der Waals surface area contributed by atoms with Crippen LogP contribution in [0, 0.1) is 0 Å². The smallest absolute Gasteiger partial charge is 0.339 e. The molecule has 94 valence electrons. The van der Waals surface area contributed by atoms with E-state index in [0.717, 1.165) is 0 Å². The van der Waals surface area contributed by atoms with Crippen molar-refractivity contribution >= 4 is 0 Å². The van der Waals surface area contributed by atoms with Gasteiger partial charge in [0.05, 0.1) is 18.7 Å². The summed E-state index contributed by atoms with van der Waals surface area (Å²) in [7, 11) is 3.05. The van der Waals surface area contributed by atoms with Gasteiger partial charge in [-0.05, 0) is 13.3 Å². The topological polar surface area (TPSA) is 57.9 Å². The molecule has 17 heavy (non-hydrogen) atoms. The summed E-state index contributed by atoms with van der Waals surface area (Å²) in [6.45, 7) is 3.83. The average molecular weight is 240 g/mol. The third-order valence-electron chi connectivity index (χ3n) is 3.15. The molecule has 0 spiro atoms. The van der Waals surface area contributed by atoms with Crippen LogP contribution in [0.15, 0.2) is 15.3 Å². The van der Waals surface area contributed by atoms with Crippen LogP contribution in [0.5, 0.6) is 5.75 Å². The number of rotatable bonds is 3. The van der Waals surface area contributed by atoms with Crippen molar-refractivity contribution in [3.05, 3.63) is 27.8 Å². The molecular weight excluding hydrogens is 224 g/mol. The molecule has 1 aromatic rings. The van der Waals surface area contributed by atoms with Crippen LogP contribution >= 0.6 is 0 Å². The molecule has 0 radical (unpaired) electrons. The number of hydrogen-bond donors (Lipinski definition) is 0. The van der Waals surface area contributed by atoms with Gasteiger partial charge in [-0.3, -0.25) is 0 Å². The summed E-state index contributed by atoms with van der Waals surface area (Å²) < 4.78 is 21.5. The van der Waals surface area contributed by atoms with Crippen molar-refractivity contribution in [2.75, 3.05) is 14.2 Å². The first kappa shape index (κ1) is 12.1. The van der Waals surface area contributed by atoms with Crippen LogP contribution in [0.1, 0.15) is 37.9 Å². The van der Waals surface area contributed by atoms with Crippen molar-refractivity contribution in [2.24, 2.45) is 0 Å². The summed E-state index contributed by atoms with van der Waals surface area (Å²) in [6.07, 6.45) is 0.116. The summed E-state index contributed by atoms with van der Waals surface area (Å²) in [5, 5.41) is 0. The largest absolute Gasteiger partial charge is 0.496 e. The van der Waals surface area contributed by atoms with Crippen LogP contribution < -0.4 is 10.4 Å². The highest BCUT2D eigenvalue weighted by Crippen LogP contribution is 2.48. The maximum atomic E-state index is 11.5. The summed E-state index contributed by atoms with van der Waals surface area (Å²) in [6, 6.07) is 1.30. The Morgan fingerprint density at radius 2 is 2.18 bits per heavy atom. The number of hydrogen-bond acceptors (Lipinski definition) is 5. The predicted octanol–water partition coefficient (Wildman–Crippen LogP) is 1.95. The zero-order valence-corrected chi connectivity index (χ0v) is 10.4. The molecule has 0 saturated carbocycles. The van der Waals surface area contributed by atoms with Gasteiger partial charge in [0.1, 0.15) is 11.4 Å². The van der Waals surface area contributed by atoms with E-state index in [4.69, 9.17) is 18.6 Å². The standard InChI is InChI=1S/C12H16O5/c1-5-12(2)10-9(11(15-4)17-12)7(14-3)6-8(13)16-10/h6,11H,5H2,1-4H3/t11-,12+/m0/s1. The van der Waals surface area contributed by atoms with Gasteiger partial charge < -0.3 is 18.6 Å². The van der Waals surface area contributed by atoms with Crippen molar-refractivity contribution in [1.29, 1.82) is 0 Å². The van der Waals surface area contributed by atoms with Gasteiger partial charge in [-0.25, -0.2) is 4.79 Å². The molecule has 1 aromatic heterocycles. The SMILES string of the molecule is CC[C@@]1(C)O[C@H](OC)c2c(OC)cc(=O)oc21. The number of methoxy groups -OCH3 is 2. The highest BCUT2D eigenvalue weighted by atomic mass is 16.7. The lowest BCUT2D eigenvalue weighted by molar-refractivity contribution is -0.186. The van der Waals surface area contributed by atoms with Crippen LogP contribution in [-0.4, -0.2) is 14.2 Å². The van der Waals surface area contributed by atoms with E-state index < -0.39 is 17.5 Å². The first-order valence-corrected chi connectivity index (χ1v) is 5.49. The highest BCUT2D eigenvalue weighted by Gasteiger charge is 2.45. The average Bonchev–Trinajstić information content (AvgIpc) is 2.62. The molecule has 0 fully saturated rings. The molecular formula is C12H16O5. The second-order valence-electron chi connectivity index (χ2n) is 4.15. The fourth-order valence-corrected chi connectivity index (χ4v) is 2.03. The quantitative estimate of drug-likeness (QED) is 0.808. The second-order valence-corrected chi connectivity index (χ2v) is 4.15. The molecule has 0 aromatic carbocycles. The van der Waals surface area contributed by atoms with Crippen LogP contribution in [0.3, 0.4) is 0 Å². The molecule has 0 unspecified atom stereocenters. The van der Waals surface area contributed by atoms with Crippen molar-refractivity contribution in [2.45, 2.75) is 32.2 Å². The minimum Gasteiger partial charge on any atom is -0.496 e. The molecule has 0 bridgehead atoms. The first-order valence-electron chi connectivity index (χ1n) is 5.49. The van der Waals surface area contributed by atoms with Crippen LogP contribution in [0.2, 0.25) is 0 Å². The molecule has 5 heteroatoms. The van der Waals surface area contributed by atoms with E-state index in [9.17, 15) is 4.79 Å². The van der Waals surface area contributed by atoms with E-state index >= 15 is 0 Å². The van der Waals surface area contributed by atoms with Crippen LogP contribution in [0.4, 0.5) is 0 Å². The molecule has 0 saturated heterocycles. The third kappa shape index (κ3) is 1.75. The highest BCUT2D eigenvalue weighted by molar-refractivity contribution is 5.40. The van der Waals surface area contributed by atoms with Gasteiger partial charge in [-0.1, -0.05) is 6.92 Å². The van der Waals surface area contributed by atoms with Crippen molar-refractivity contribution in [3.63, 3.8) is 0 Å². The van der Waals surface area contributed by atoms with Gasteiger partial charge in [-0.15, -0.1) is 0 Å². The molecule has 0 amide bonds. The van der Waals surface area contributed by atoms with Gasteiger partial charge in [0.25, 0.3) is 0 Å². The maximum Gasteiger partial charge on any atom is 0.339 e. The minimum absolute atomic E-state index is 0.444. The van der Waals surface area contributed by atoms with Gasteiger partial charge in [-0.2, -0.15) is 0 Å². The second kappa shape index (κ2) is 4.16. The molecule has 5 nitrogen and oxygen atoms in total. The Morgan fingerprint density at radius 1 is 1.47 bits per heavy atom. The van der Waals surface area contributed by atoms with E-state index in [1.807, 2.05) is 13.8 Å². The molecule has 1 aliphatic heterocycles. The number of ether oxygens (including phenoxy) is 3. The lowest BCUT2D eigenvalue weighted by Crippen LogP contribution is -2.21. The summed E-state index contributed by atoms with van der Waals surface area (Å²) in [5.74, 6) is 0.941. The first-order chi connectivity index (χ1) is 8.05. The Labute approximate surface area is 99.3 Å². The Hall–Kier alpha value is -1.33.